The molecule has 0 bridgehead atoms. The summed E-state index contributed by atoms with van der Waals surface area (Å²) in [6.45, 7) is 0.577. The van der Waals surface area contributed by atoms with Crippen LogP contribution in [0, 0.1) is 5.82 Å². The molecule has 0 saturated carbocycles. The lowest BCUT2D eigenvalue weighted by molar-refractivity contribution is 0.0796. The van der Waals surface area contributed by atoms with E-state index >= 15 is 0 Å². The first-order chi connectivity index (χ1) is 9.16. The zero-order valence-corrected chi connectivity index (χ0v) is 10.7. The van der Waals surface area contributed by atoms with Gasteiger partial charge in [-0.1, -0.05) is 6.07 Å². The molecule has 1 amide bonds. The Morgan fingerprint density at radius 2 is 1.95 bits per heavy atom. The van der Waals surface area contributed by atoms with Crippen LogP contribution in [0.15, 0.2) is 48.7 Å². The maximum atomic E-state index is 12.8. The zero-order valence-electron chi connectivity index (χ0n) is 10.7. The quantitative estimate of drug-likeness (QED) is 0.844. The highest BCUT2D eigenvalue weighted by Crippen LogP contribution is 2.06. The lowest BCUT2D eigenvalue weighted by Gasteiger charge is -2.16. The second-order valence-corrected chi connectivity index (χ2v) is 4.30. The van der Waals surface area contributed by atoms with Crippen molar-refractivity contribution in [3.63, 3.8) is 0 Å². The third kappa shape index (κ3) is 3.61. The molecule has 2 aromatic rings. The first kappa shape index (κ1) is 13.2. The molecule has 1 aromatic carbocycles. The van der Waals surface area contributed by atoms with E-state index in [1.54, 1.807) is 18.1 Å². The SMILES string of the molecule is CN(CCc1ccccn1)C(=O)c1ccc(F)cc1. The van der Waals surface area contributed by atoms with Gasteiger partial charge in [-0.25, -0.2) is 4.39 Å². The van der Waals surface area contributed by atoms with Gasteiger partial charge in [0.05, 0.1) is 0 Å². The van der Waals surface area contributed by atoms with Crippen molar-refractivity contribution in [3.8, 4) is 0 Å². The Bertz CT molecular complexity index is 540. The first-order valence-corrected chi connectivity index (χ1v) is 6.08. The van der Waals surface area contributed by atoms with E-state index in [1.807, 2.05) is 18.2 Å². The topological polar surface area (TPSA) is 33.2 Å². The monoisotopic (exact) mass is 258 g/mol. The summed E-state index contributed by atoms with van der Waals surface area (Å²) in [5, 5.41) is 0. The van der Waals surface area contributed by atoms with Gasteiger partial charge in [0.15, 0.2) is 0 Å². The Morgan fingerprint density at radius 3 is 2.58 bits per heavy atom. The van der Waals surface area contributed by atoms with Gasteiger partial charge in [0, 0.05) is 37.5 Å². The van der Waals surface area contributed by atoms with E-state index in [1.165, 1.54) is 24.3 Å². The van der Waals surface area contributed by atoms with Crippen molar-refractivity contribution in [1.82, 2.24) is 9.88 Å². The lowest BCUT2D eigenvalue weighted by Crippen LogP contribution is -2.28. The summed E-state index contributed by atoms with van der Waals surface area (Å²) in [6.07, 6.45) is 2.43. The third-order valence-corrected chi connectivity index (χ3v) is 2.87. The summed E-state index contributed by atoms with van der Waals surface area (Å²) < 4.78 is 12.8. The summed E-state index contributed by atoms with van der Waals surface area (Å²) >= 11 is 0. The Hall–Kier alpha value is -2.23. The summed E-state index contributed by atoms with van der Waals surface area (Å²) in [6, 6.07) is 11.3. The smallest absolute Gasteiger partial charge is 0.253 e. The highest BCUT2D eigenvalue weighted by molar-refractivity contribution is 5.93. The fourth-order valence-corrected chi connectivity index (χ4v) is 1.74. The second-order valence-electron chi connectivity index (χ2n) is 4.30. The number of carbonyl (C=O) groups is 1. The molecule has 0 saturated heterocycles. The summed E-state index contributed by atoms with van der Waals surface area (Å²) in [4.78, 5) is 17.9. The van der Waals surface area contributed by atoms with Gasteiger partial charge in [-0.3, -0.25) is 9.78 Å². The molecule has 0 N–H and O–H groups in total. The van der Waals surface area contributed by atoms with Crippen LogP contribution in [0.1, 0.15) is 16.1 Å². The highest BCUT2D eigenvalue weighted by Gasteiger charge is 2.11. The molecular formula is C15H15FN2O. The number of hydrogen-bond acceptors (Lipinski definition) is 2. The fourth-order valence-electron chi connectivity index (χ4n) is 1.74. The van der Waals surface area contributed by atoms with E-state index < -0.39 is 0 Å². The van der Waals surface area contributed by atoms with E-state index in [0.717, 1.165) is 5.69 Å². The first-order valence-electron chi connectivity index (χ1n) is 6.08. The summed E-state index contributed by atoms with van der Waals surface area (Å²) in [5.74, 6) is -0.455. The van der Waals surface area contributed by atoms with E-state index in [0.29, 0.717) is 18.5 Å². The van der Waals surface area contributed by atoms with Crippen LogP contribution in [0.5, 0.6) is 0 Å². The highest BCUT2D eigenvalue weighted by atomic mass is 19.1. The van der Waals surface area contributed by atoms with Crippen LogP contribution < -0.4 is 0 Å². The van der Waals surface area contributed by atoms with Crippen molar-refractivity contribution in [2.75, 3.05) is 13.6 Å². The van der Waals surface area contributed by atoms with Crippen molar-refractivity contribution >= 4 is 5.91 Å². The van der Waals surface area contributed by atoms with Crippen LogP contribution >= 0.6 is 0 Å². The lowest BCUT2D eigenvalue weighted by atomic mass is 10.2. The zero-order chi connectivity index (χ0) is 13.7. The normalized spacial score (nSPS) is 10.2. The average molecular weight is 258 g/mol. The predicted octanol–water partition coefficient (Wildman–Crippen LogP) is 2.54. The molecule has 0 aliphatic carbocycles. The number of pyridine rings is 1. The standard InChI is InChI=1S/C15H15FN2O/c1-18(11-9-14-4-2-3-10-17-14)15(19)12-5-7-13(16)8-6-12/h2-8,10H,9,11H2,1H3. The van der Waals surface area contributed by atoms with Gasteiger partial charge in [-0.05, 0) is 36.4 Å². The molecule has 0 aliphatic rings. The van der Waals surface area contributed by atoms with Crippen LogP contribution in [-0.4, -0.2) is 29.4 Å². The molecule has 3 nitrogen and oxygen atoms in total. The number of rotatable bonds is 4. The second kappa shape index (κ2) is 6.09. The number of hydrogen-bond donors (Lipinski definition) is 0. The minimum atomic E-state index is -0.340. The van der Waals surface area contributed by atoms with Crippen LogP contribution in [0.3, 0.4) is 0 Å². The molecule has 4 heteroatoms. The number of benzene rings is 1. The van der Waals surface area contributed by atoms with Gasteiger partial charge >= 0.3 is 0 Å². The third-order valence-electron chi connectivity index (χ3n) is 2.87. The molecule has 0 spiro atoms. The van der Waals surface area contributed by atoms with Gasteiger partial charge in [0.1, 0.15) is 5.82 Å². The van der Waals surface area contributed by atoms with Gasteiger partial charge < -0.3 is 4.90 Å². The van der Waals surface area contributed by atoms with Gasteiger partial charge in [0.2, 0.25) is 0 Å². The minimum absolute atomic E-state index is 0.115. The molecule has 1 heterocycles. The van der Waals surface area contributed by atoms with Crippen molar-refractivity contribution in [2.45, 2.75) is 6.42 Å². The van der Waals surface area contributed by atoms with Crippen molar-refractivity contribution in [1.29, 1.82) is 0 Å². The Balaban J connectivity index is 1.94. The number of amides is 1. The Morgan fingerprint density at radius 1 is 1.21 bits per heavy atom. The Labute approximate surface area is 111 Å². The Kier molecular flexibility index (Phi) is 4.23. The minimum Gasteiger partial charge on any atom is -0.341 e. The van der Waals surface area contributed by atoms with Crippen LogP contribution in [0.25, 0.3) is 0 Å². The van der Waals surface area contributed by atoms with Crippen LogP contribution in [0.4, 0.5) is 4.39 Å². The molecule has 0 radical (unpaired) electrons. The van der Waals surface area contributed by atoms with Gasteiger partial charge in [-0.2, -0.15) is 0 Å². The van der Waals surface area contributed by atoms with Crippen molar-refractivity contribution in [2.24, 2.45) is 0 Å². The van der Waals surface area contributed by atoms with E-state index in [9.17, 15) is 9.18 Å². The number of nitrogens with zero attached hydrogens (tertiary/aromatic N) is 2. The van der Waals surface area contributed by atoms with Gasteiger partial charge in [-0.15, -0.1) is 0 Å². The number of halogens is 1. The van der Waals surface area contributed by atoms with Crippen LogP contribution in [0.2, 0.25) is 0 Å². The van der Waals surface area contributed by atoms with E-state index in [4.69, 9.17) is 0 Å². The maximum Gasteiger partial charge on any atom is 0.253 e. The van der Waals surface area contributed by atoms with Crippen molar-refractivity contribution in [3.05, 3.63) is 65.7 Å². The molecular weight excluding hydrogens is 243 g/mol. The number of likely N-dealkylation sites (N-methyl/N-ethyl adjacent to an activating group) is 1. The number of aromatic nitrogens is 1. The molecule has 19 heavy (non-hydrogen) atoms. The average Bonchev–Trinajstić information content (AvgIpc) is 2.46. The van der Waals surface area contributed by atoms with Gasteiger partial charge in [0.25, 0.3) is 5.91 Å². The summed E-state index contributed by atoms with van der Waals surface area (Å²) in [5.41, 5.74) is 1.44. The van der Waals surface area contributed by atoms with E-state index in [2.05, 4.69) is 4.98 Å². The fraction of sp³-hybridized carbons (Fsp3) is 0.200. The van der Waals surface area contributed by atoms with Crippen LogP contribution in [-0.2, 0) is 6.42 Å². The molecule has 98 valence electrons. The molecule has 0 atom stereocenters. The predicted molar refractivity (Wildman–Crippen MR) is 71.3 cm³/mol. The molecule has 0 fully saturated rings. The molecule has 0 aliphatic heterocycles. The largest absolute Gasteiger partial charge is 0.341 e. The number of carbonyl (C=O) groups excluding carboxylic acids is 1. The van der Waals surface area contributed by atoms with Crippen molar-refractivity contribution < 1.29 is 9.18 Å². The van der Waals surface area contributed by atoms with E-state index in [-0.39, 0.29) is 11.7 Å². The molecule has 0 unspecified atom stereocenters. The maximum absolute atomic E-state index is 12.8. The molecule has 1 aromatic heterocycles. The molecule has 2 rings (SSSR count). The summed E-state index contributed by atoms with van der Waals surface area (Å²) in [7, 11) is 1.73.